The molecule has 2 aromatic carbocycles. The van der Waals surface area contributed by atoms with Crippen molar-refractivity contribution >= 4 is 21.9 Å². The second-order valence-electron chi connectivity index (χ2n) is 5.94. The van der Waals surface area contributed by atoms with E-state index < -0.39 is 0 Å². The van der Waals surface area contributed by atoms with Gasteiger partial charge in [0.2, 0.25) is 0 Å². The van der Waals surface area contributed by atoms with E-state index in [1.54, 1.807) is 29.0 Å². The molecule has 0 bridgehead atoms. The fraction of sp³-hybridized carbons (Fsp3) is 0.143. The van der Waals surface area contributed by atoms with Gasteiger partial charge in [0.15, 0.2) is 0 Å². The number of aromatic nitrogens is 1. The molecule has 0 aliphatic heterocycles. The summed E-state index contributed by atoms with van der Waals surface area (Å²) in [7, 11) is 0. The zero-order valence-electron chi connectivity index (χ0n) is 14.7. The summed E-state index contributed by atoms with van der Waals surface area (Å²) >= 11 is 3.34. The van der Waals surface area contributed by atoms with E-state index in [9.17, 15) is 9.59 Å². The van der Waals surface area contributed by atoms with Gasteiger partial charge >= 0.3 is 5.97 Å². The molecule has 0 aliphatic rings. The van der Waals surface area contributed by atoms with Gasteiger partial charge in [-0.1, -0.05) is 42.5 Å². The number of esters is 1. The van der Waals surface area contributed by atoms with Crippen molar-refractivity contribution in [1.29, 1.82) is 0 Å². The van der Waals surface area contributed by atoms with Gasteiger partial charge in [-0.15, -0.1) is 0 Å². The molecule has 0 spiro atoms. The minimum Gasteiger partial charge on any atom is -0.487 e. The van der Waals surface area contributed by atoms with Crippen LogP contribution in [-0.4, -0.2) is 10.5 Å². The molecular weight excluding hydrogens is 410 g/mol. The van der Waals surface area contributed by atoms with Crippen LogP contribution in [0.15, 0.2) is 76.1 Å². The van der Waals surface area contributed by atoms with E-state index in [0.717, 1.165) is 11.1 Å². The Kier molecular flexibility index (Phi) is 6.08. The van der Waals surface area contributed by atoms with Crippen LogP contribution in [0, 0.1) is 0 Å². The molecule has 6 heteroatoms. The van der Waals surface area contributed by atoms with Gasteiger partial charge in [-0.3, -0.25) is 9.59 Å². The highest BCUT2D eigenvalue weighted by Gasteiger charge is 2.10. The zero-order chi connectivity index (χ0) is 19.2. The molecule has 3 aromatic rings. The molecule has 0 saturated heterocycles. The molecule has 138 valence electrons. The van der Waals surface area contributed by atoms with E-state index in [0.29, 0.717) is 29.1 Å². The molecule has 0 unspecified atom stereocenters. The van der Waals surface area contributed by atoms with E-state index in [-0.39, 0.29) is 11.5 Å². The highest BCUT2D eigenvalue weighted by atomic mass is 79.9. The van der Waals surface area contributed by atoms with Crippen molar-refractivity contribution in [2.75, 3.05) is 0 Å². The van der Waals surface area contributed by atoms with Gasteiger partial charge in [-0.25, -0.2) is 0 Å². The maximum Gasteiger partial charge on any atom is 0.308 e. The second kappa shape index (κ2) is 8.68. The van der Waals surface area contributed by atoms with Gasteiger partial charge in [0.25, 0.3) is 5.56 Å². The topological polar surface area (TPSA) is 57.5 Å². The van der Waals surface area contributed by atoms with Crippen molar-refractivity contribution in [3.05, 3.63) is 92.8 Å². The average molecular weight is 428 g/mol. The standard InChI is InChI=1S/C21H18BrNO4/c1-15(24)27-18-9-7-16(8-10-18)13-23-12-11-19(20(22)21(23)25)26-14-17-5-3-2-4-6-17/h2-12H,13-14H2,1H3. The lowest BCUT2D eigenvalue weighted by molar-refractivity contribution is -0.131. The first kappa shape index (κ1) is 18.9. The van der Waals surface area contributed by atoms with Crippen LogP contribution in [0.2, 0.25) is 0 Å². The number of nitrogens with zero attached hydrogens (tertiary/aromatic N) is 1. The Morgan fingerprint density at radius 2 is 1.70 bits per heavy atom. The largest absolute Gasteiger partial charge is 0.487 e. The van der Waals surface area contributed by atoms with E-state index in [2.05, 4.69) is 15.9 Å². The molecule has 3 rings (SSSR count). The summed E-state index contributed by atoms with van der Waals surface area (Å²) in [5, 5.41) is 0. The van der Waals surface area contributed by atoms with Crippen LogP contribution in [0.4, 0.5) is 0 Å². The third-order valence-corrected chi connectivity index (χ3v) is 4.58. The molecular formula is C21H18BrNO4. The van der Waals surface area contributed by atoms with Crippen LogP contribution < -0.4 is 15.0 Å². The normalized spacial score (nSPS) is 10.4. The highest BCUT2D eigenvalue weighted by Crippen LogP contribution is 2.22. The van der Waals surface area contributed by atoms with Crippen molar-refractivity contribution < 1.29 is 14.3 Å². The Labute approximate surface area is 165 Å². The maximum atomic E-state index is 12.6. The fourth-order valence-electron chi connectivity index (χ4n) is 2.53. The minimum absolute atomic E-state index is 0.176. The van der Waals surface area contributed by atoms with Gasteiger partial charge < -0.3 is 14.0 Å². The molecule has 0 radical (unpaired) electrons. The van der Waals surface area contributed by atoms with Crippen molar-refractivity contribution in [2.24, 2.45) is 0 Å². The molecule has 0 N–H and O–H groups in total. The predicted octanol–water partition coefficient (Wildman–Crippen LogP) is 4.16. The quantitative estimate of drug-likeness (QED) is 0.437. The Bertz CT molecular complexity index is 981. The first-order chi connectivity index (χ1) is 13.0. The second-order valence-corrected chi connectivity index (χ2v) is 6.73. The lowest BCUT2D eigenvalue weighted by atomic mass is 10.2. The van der Waals surface area contributed by atoms with Gasteiger partial charge in [0, 0.05) is 13.1 Å². The Morgan fingerprint density at radius 1 is 1.00 bits per heavy atom. The number of ether oxygens (including phenoxy) is 2. The van der Waals surface area contributed by atoms with Crippen molar-refractivity contribution in [1.82, 2.24) is 4.57 Å². The highest BCUT2D eigenvalue weighted by molar-refractivity contribution is 9.10. The lowest BCUT2D eigenvalue weighted by Gasteiger charge is -2.11. The van der Waals surface area contributed by atoms with Crippen LogP contribution >= 0.6 is 15.9 Å². The number of carbonyl (C=O) groups excluding carboxylic acids is 1. The predicted molar refractivity (Wildman–Crippen MR) is 106 cm³/mol. The molecule has 0 atom stereocenters. The summed E-state index contributed by atoms with van der Waals surface area (Å²) in [6, 6.07) is 18.6. The van der Waals surface area contributed by atoms with Crippen molar-refractivity contribution in [3.8, 4) is 11.5 Å². The van der Waals surface area contributed by atoms with Gasteiger partial charge in [0.05, 0.1) is 6.54 Å². The SMILES string of the molecule is CC(=O)Oc1ccc(Cn2ccc(OCc3ccccc3)c(Br)c2=O)cc1. The lowest BCUT2D eigenvalue weighted by Crippen LogP contribution is -2.21. The summed E-state index contributed by atoms with van der Waals surface area (Å²) in [5.41, 5.74) is 1.77. The minimum atomic E-state index is -0.367. The Balaban J connectivity index is 1.71. The van der Waals surface area contributed by atoms with Crippen molar-refractivity contribution in [2.45, 2.75) is 20.1 Å². The summed E-state index contributed by atoms with van der Waals surface area (Å²) in [6.07, 6.45) is 1.70. The average Bonchev–Trinajstić information content (AvgIpc) is 2.67. The van der Waals surface area contributed by atoms with Gasteiger partial charge in [-0.2, -0.15) is 0 Å². The van der Waals surface area contributed by atoms with E-state index >= 15 is 0 Å². The van der Waals surface area contributed by atoms with Gasteiger partial charge in [0.1, 0.15) is 22.6 Å². The van der Waals surface area contributed by atoms with Crippen molar-refractivity contribution in [3.63, 3.8) is 0 Å². The molecule has 5 nitrogen and oxygen atoms in total. The number of hydrogen-bond donors (Lipinski definition) is 0. The summed E-state index contributed by atoms with van der Waals surface area (Å²) in [5.74, 6) is 0.615. The van der Waals surface area contributed by atoms with E-state index in [1.165, 1.54) is 6.92 Å². The molecule has 0 fully saturated rings. The number of hydrogen-bond acceptors (Lipinski definition) is 4. The van der Waals surface area contributed by atoms with E-state index in [4.69, 9.17) is 9.47 Å². The van der Waals surface area contributed by atoms with Crippen LogP contribution in [0.3, 0.4) is 0 Å². The zero-order valence-corrected chi connectivity index (χ0v) is 16.3. The first-order valence-corrected chi connectivity index (χ1v) is 9.15. The smallest absolute Gasteiger partial charge is 0.308 e. The molecule has 27 heavy (non-hydrogen) atoms. The summed E-state index contributed by atoms with van der Waals surface area (Å²) in [6.45, 7) is 2.14. The number of pyridine rings is 1. The third-order valence-electron chi connectivity index (χ3n) is 3.85. The number of benzene rings is 2. The van der Waals surface area contributed by atoms with Crippen LogP contribution in [0.25, 0.3) is 0 Å². The van der Waals surface area contributed by atoms with Gasteiger partial charge in [-0.05, 0) is 45.3 Å². The van der Waals surface area contributed by atoms with Crippen LogP contribution in [0.1, 0.15) is 18.1 Å². The molecule has 0 saturated carbocycles. The molecule has 1 aromatic heterocycles. The van der Waals surface area contributed by atoms with Crippen LogP contribution in [0.5, 0.6) is 11.5 Å². The van der Waals surface area contributed by atoms with Crippen LogP contribution in [-0.2, 0) is 17.9 Å². The monoisotopic (exact) mass is 427 g/mol. The maximum absolute atomic E-state index is 12.6. The fourth-order valence-corrected chi connectivity index (χ4v) is 3.00. The number of carbonyl (C=O) groups is 1. The Morgan fingerprint density at radius 3 is 2.37 bits per heavy atom. The van der Waals surface area contributed by atoms with E-state index in [1.807, 2.05) is 42.5 Å². The molecule has 0 aliphatic carbocycles. The molecule has 0 amide bonds. The number of halogens is 1. The summed E-state index contributed by atoms with van der Waals surface area (Å²) < 4.78 is 12.7. The Hall–Kier alpha value is -2.86. The first-order valence-electron chi connectivity index (χ1n) is 8.36. The third kappa shape index (κ3) is 5.08. The molecule has 1 heterocycles. The number of rotatable bonds is 6. The summed E-state index contributed by atoms with van der Waals surface area (Å²) in [4.78, 5) is 23.5.